The Hall–Kier alpha value is -3.65. The van der Waals surface area contributed by atoms with Crippen molar-refractivity contribution in [2.75, 3.05) is 54.4 Å². The molecule has 2 aliphatic heterocycles. The first kappa shape index (κ1) is 21.9. The van der Waals surface area contributed by atoms with Crippen LogP contribution < -0.4 is 15.1 Å². The number of aromatic nitrogens is 3. The quantitative estimate of drug-likeness (QED) is 0.454. The first-order valence-electron chi connectivity index (χ1n) is 12.5. The minimum atomic E-state index is 0.374. The van der Waals surface area contributed by atoms with Crippen LogP contribution in [0, 0.1) is 0 Å². The van der Waals surface area contributed by atoms with Crippen molar-refractivity contribution in [1.29, 1.82) is 0 Å². The molecule has 35 heavy (non-hydrogen) atoms. The number of nitrogens with one attached hydrogen (secondary N) is 1. The van der Waals surface area contributed by atoms with E-state index < -0.39 is 0 Å². The van der Waals surface area contributed by atoms with Crippen LogP contribution in [0.3, 0.4) is 0 Å². The van der Waals surface area contributed by atoms with Gasteiger partial charge in [0.15, 0.2) is 11.4 Å². The molecule has 6 rings (SSSR count). The molecule has 0 atom stereocenters. The molecule has 1 aromatic carbocycles. The van der Waals surface area contributed by atoms with Crippen molar-refractivity contribution in [3.63, 3.8) is 0 Å². The highest BCUT2D eigenvalue weighted by Gasteiger charge is 2.24. The number of piperidine rings is 1. The number of hydrogen-bond donors (Lipinski definition) is 1. The topological polar surface area (TPSA) is 73.6 Å². The predicted molar refractivity (Wildman–Crippen MR) is 139 cm³/mol. The third kappa shape index (κ3) is 4.93. The highest BCUT2D eigenvalue weighted by atomic mass is 16.3. The minimum absolute atomic E-state index is 0.374. The summed E-state index contributed by atoms with van der Waals surface area (Å²) >= 11 is 0. The van der Waals surface area contributed by atoms with Crippen LogP contribution in [-0.2, 0) is 6.54 Å². The van der Waals surface area contributed by atoms with Crippen molar-refractivity contribution in [1.82, 2.24) is 19.9 Å². The summed E-state index contributed by atoms with van der Waals surface area (Å²) in [4.78, 5) is 21.3. The van der Waals surface area contributed by atoms with Crippen molar-refractivity contribution in [2.24, 2.45) is 0 Å². The molecule has 5 heterocycles. The Morgan fingerprint density at radius 1 is 0.829 bits per heavy atom. The molecular weight excluding hydrogens is 438 g/mol. The normalized spacial score (nSPS) is 17.7. The Morgan fingerprint density at radius 2 is 1.60 bits per heavy atom. The fourth-order valence-corrected chi connectivity index (χ4v) is 5.04. The summed E-state index contributed by atoms with van der Waals surface area (Å²) in [6.07, 6.45) is 5.71. The molecule has 8 heteroatoms. The van der Waals surface area contributed by atoms with Crippen LogP contribution in [0.25, 0.3) is 11.1 Å². The highest BCUT2D eigenvalue weighted by molar-refractivity contribution is 5.85. The van der Waals surface area contributed by atoms with Crippen LogP contribution in [0.15, 0.2) is 71.5 Å². The summed E-state index contributed by atoms with van der Waals surface area (Å²) in [6.45, 7) is 6.66. The zero-order chi connectivity index (χ0) is 23.5. The van der Waals surface area contributed by atoms with Crippen LogP contribution in [-0.4, -0.2) is 65.2 Å². The van der Waals surface area contributed by atoms with E-state index in [-0.39, 0.29) is 0 Å². The zero-order valence-corrected chi connectivity index (χ0v) is 19.9. The molecule has 2 saturated heterocycles. The molecule has 4 aromatic rings. The third-order valence-electron chi connectivity index (χ3n) is 7.00. The minimum Gasteiger partial charge on any atom is -0.459 e. The molecule has 0 amide bonds. The van der Waals surface area contributed by atoms with E-state index in [4.69, 9.17) is 14.4 Å². The van der Waals surface area contributed by atoms with Gasteiger partial charge in [0.1, 0.15) is 11.3 Å². The predicted octanol–water partition coefficient (Wildman–Crippen LogP) is 4.02. The maximum Gasteiger partial charge on any atom is 0.228 e. The Labute approximate surface area is 205 Å². The van der Waals surface area contributed by atoms with E-state index in [0.29, 0.717) is 6.04 Å². The molecule has 2 fully saturated rings. The van der Waals surface area contributed by atoms with Gasteiger partial charge in [-0.1, -0.05) is 36.4 Å². The van der Waals surface area contributed by atoms with Crippen molar-refractivity contribution in [3.8, 4) is 0 Å². The van der Waals surface area contributed by atoms with Crippen molar-refractivity contribution in [2.45, 2.75) is 25.4 Å². The summed E-state index contributed by atoms with van der Waals surface area (Å²) < 4.78 is 5.78. The molecule has 0 radical (unpaired) electrons. The number of hydrogen-bond acceptors (Lipinski definition) is 8. The Bertz CT molecular complexity index is 1230. The van der Waals surface area contributed by atoms with Gasteiger partial charge in [0.05, 0.1) is 6.26 Å². The Kier molecular flexibility index (Phi) is 6.19. The molecule has 0 spiro atoms. The van der Waals surface area contributed by atoms with E-state index in [9.17, 15) is 0 Å². The van der Waals surface area contributed by atoms with Crippen LogP contribution >= 0.6 is 0 Å². The van der Waals surface area contributed by atoms with Gasteiger partial charge in [0.25, 0.3) is 0 Å². The lowest BCUT2D eigenvalue weighted by molar-refractivity contribution is 0.211. The number of likely N-dealkylation sites (tertiary alicyclic amines) is 1. The van der Waals surface area contributed by atoms with Crippen LogP contribution in [0.1, 0.15) is 18.4 Å². The molecule has 3 aromatic heterocycles. The second-order valence-corrected chi connectivity index (χ2v) is 9.35. The zero-order valence-electron chi connectivity index (χ0n) is 19.9. The molecule has 0 saturated carbocycles. The van der Waals surface area contributed by atoms with E-state index in [2.05, 4.69) is 61.4 Å². The first-order valence-corrected chi connectivity index (χ1v) is 12.5. The highest BCUT2D eigenvalue weighted by Crippen LogP contribution is 2.27. The molecule has 2 aliphatic rings. The lowest BCUT2D eigenvalue weighted by Crippen LogP contribution is -2.47. The van der Waals surface area contributed by atoms with E-state index in [1.165, 1.54) is 5.56 Å². The van der Waals surface area contributed by atoms with Gasteiger partial charge in [0, 0.05) is 64.1 Å². The van der Waals surface area contributed by atoms with E-state index >= 15 is 0 Å². The molecule has 0 unspecified atom stereocenters. The molecule has 1 N–H and O–H groups in total. The summed E-state index contributed by atoms with van der Waals surface area (Å²) in [5.41, 5.74) is 2.97. The first-order chi connectivity index (χ1) is 17.3. The smallest absolute Gasteiger partial charge is 0.228 e. The lowest BCUT2D eigenvalue weighted by atomic mass is 10.0. The SMILES string of the molecule is c1ccc(CN2CCC(Nc3nc(N4CCN(c5ccccn5)CC4)nc4ccoc34)CC2)cc1. The molecule has 0 aliphatic carbocycles. The molecule has 180 valence electrons. The fraction of sp³-hybridized carbons (Fsp3) is 0.370. The van der Waals surface area contributed by atoms with Gasteiger partial charge < -0.3 is 19.5 Å². The Balaban J connectivity index is 1.11. The average molecular weight is 470 g/mol. The number of benzene rings is 1. The molecule has 0 bridgehead atoms. The van der Waals surface area contributed by atoms with Crippen LogP contribution in [0.5, 0.6) is 0 Å². The second-order valence-electron chi connectivity index (χ2n) is 9.35. The summed E-state index contributed by atoms with van der Waals surface area (Å²) in [6, 6.07) is 19.1. The van der Waals surface area contributed by atoms with Crippen molar-refractivity contribution in [3.05, 3.63) is 72.6 Å². The summed E-state index contributed by atoms with van der Waals surface area (Å²) in [5, 5.41) is 3.69. The van der Waals surface area contributed by atoms with Gasteiger partial charge in [-0.05, 0) is 30.5 Å². The number of pyridine rings is 1. The summed E-state index contributed by atoms with van der Waals surface area (Å²) in [7, 11) is 0. The monoisotopic (exact) mass is 469 g/mol. The second kappa shape index (κ2) is 9.92. The molecular formula is C27H31N7O. The maximum absolute atomic E-state index is 5.78. The van der Waals surface area contributed by atoms with Gasteiger partial charge >= 0.3 is 0 Å². The van der Waals surface area contributed by atoms with Crippen molar-refractivity contribution < 1.29 is 4.42 Å². The number of nitrogens with zero attached hydrogens (tertiary/aromatic N) is 6. The average Bonchev–Trinajstić information content (AvgIpc) is 3.40. The van der Waals surface area contributed by atoms with Gasteiger partial charge in [-0.25, -0.2) is 9.97 Å². The largest absolute Gasteiger partial charge is 0.459 e. The van der Waals surface area contributed by atoms with Gasteiger partial charge in [0.2, 0.25) is 5.95 Å². The number of fused-ring (bicyclic) bond motifs is 1. The van der Waals surface area contributed by atoms with Gasteiger partial charge in [-0.15, -0.1) is 0 Å². The van der Waals surface area contributed by atoms with Gasteiger partial charge in [-0.3, -0.25) is 4.90 Å². The number of piperazine rings is 1. The van der Waals surface area contributed by atoms with E-state index in [1.54, 1.807) is 6.26 Å². The number of anilines is 3. The van der Waals surface area contributed by atoms with Gasteiger partial charge in [-0.2, -0.15) is 4.98 Å². The van der Waals surface area contributed by atoms with Crippen LogP contribution in [0.4, 0.5) is 17.6 Å². The fourth-order valence-electron chi connectivity index (χ4n) is 5.04. The number of rotatable bonds is 6. The molecule has 8 nitrogen and oxygen atoms in total. The lowest BCUT2D eigenvalue weighted by Gasteiger charge is -2.35. The third-order valence-corrected chi connectivity index (χ3v) is 7.00. The van der Waals surface area contributed by atoms with Crippen LogP contribution in [0.2, 0.25) is 0 Å². The van der Waals surface area contributed by atoms with E-state index in [1.807, 2.05) is 24.4 Å². The van der Waals surface area contributed by atoms with Crippen molar-refractivity contribution >= 4 is 28.7 Å². The summed E-state index contributed by atoms with van der Waals surface area (Å²) in [5.74, 6) is 2.60. The Morgan fingerprint density at radius 3 is 2.37 bits per heavy atom. The maximum atomic E-state index is 5.78. The van der Waals surface area contributed by atoms with E-state index in [0.717, 1.165) is 87.3 Å². The standard InChI is InChI=1S/C27H31N7O/c1-2-6-21(7-3-1)20-32-13-9-22(10-14-32)29-26-25-23(11-19-35-25)30-27(31-26)34-17-15-33(16-18-34)24-8-4-5-12-28-24/h1-8,11-12,19,22H,9-10,13-18,20H2,(H,29,30,31). The number of furan rings is 1.